The number of nitrogens with one attached hydrogen (secondary N) is 1. The summed E-state index contributed by atoms with van der Waals surface area (Å²) in [6, 6.07) is 0.374. The Morgan fingerprint density at radius 1 is 1.47 bits per heavy atom. The maximum atomic E-state index is 8.75. The molecular formula is C11H21N3O. The number of aromatic nitrogens is 2. The minimum absolute atomic E-state index is 0.261. The van der Waals surface area contributed by atoms with Crippen LogP contribution in [-0.4, -0.2) is 27.5 Å². The number of anilines is 1. The summed E-state index contributed by atoms with van der Waals surface area (Å²) in [5, 5.41) is 16.5. The van der Waals surface area contributed by atoms with Gasteiger partial charge >= 0.3 is 0 Å². The van der Waals surface area contributed by atoms with Crippen LogP contribution in [0.2, 0.25) is 0 Å². The Bertz CT molecular complexity index is 320. The molecule has 1 heterocycles. The number of hydrogen-bond donors (Lipinski definition) is 2. The molecule has 4 nitrogen and oxygen atoms in total. The second-order valence-corrected chi connectivity index (χ2v) is 4.08. The number of aliphatic hydroxyl groups excluding tert-OH is 1. The lowest BCUT2D eigenvalue weighted by molar-refractivity contribution is 0.282. The summed E-state index contributed by atoms with van der Waals surface area (Å²) >= 11 is 0. The molecule has 0 aliphatic rings. The van der Waals surface area contributed by atoms with Crippen LogP contribution in [0.4, 0.5) is 5.69 Å². The van der Waals surface area contributed by atoms with Crippen LogP contribution in [0.3, 0.4) is 0 Å². The van der Waals surface area contributed by atoms with Crippen molar-refractivity contribution in [3.05, 3.63) is 11.4 Å². The third kappa shape index (κ3) is 2.96. The zero-order chi connectivity index (χ0) is 11.4. The van der Waals surface area contributed by atoms with Crippen LogP contribution in [0.25, 0.3) is 0 Å². The van der Waals surface area contributed by atoms with Gasteiger partial charge in [0.1, 0.15) is 0 Å². The fraction of sp³-hybridized carbons (Fsp3) is 0.727. The van der Waals surface area contributed by atoms with E-state index in [9.17, 15) is 0 Å². The molecule has 0 aliphatic carbocycles. The van der Waals surface area contributed by atoms with Crippen molar-refractivity contribution in [3.8, 4) is 0 Å². The summed E-state index contributed by atoms with van der Waals surface area (Å²) in [5.41, 5.74) is 3.32. The van der Waals surface area contributed by atoms with Crippen molar-refractivity contribution in [2.75, 3.05) is 11.9 Å². The Hall–Kier alpha value is -1.03. The van der Waals surface area contributed by atoms with Gasteiger partial charge in [-0.2, -0.15) is 5.10 Å². The number of hydrogen-bond acceptors (Lipinski definition) is 3. The summed E-state index contributed by atoms with van der Waals surface area (Å²) in [4.78, 5) is 0. The highest BCUT2D eigenvalue weighted by atomic mass is 16.2. The monoisotopic (exact) mass is 211 g/mol. The van der Waals surface area contributed by atoms with Gasteiger partial charge in [0.25, 0.3) is 0 Å². The van der Waals surface area contributed by atoms with E-state index >= 15 is 0 Å². The number of nitrogens with zero attached hydrogens (tertiary/aromatic N) is 2. The molecule has 86 valence electrons. The van der Waals surface area contributed by atoms with Gasteiger partial charge in [-0.1, -0.05) is 0 Å². The van der Waals surface area contributed by atoms with Gasteiger partial charge in [0.15, 0.2) is 0 Å². The van der Waals surface area contributed by atoms with Crippen LogP contribution < -0.4 is 5.32 Å². The molecule has 0 saturated heterocycles. The largest absolute Gasteiger partial charge is 0.396 e. The summed E-state index contributed by atoms with van der Waals surface area (Å²) in [5.74, 6) is 0. The van der Waals surface area contributed by atoms with Crippen molar-refractivity contribution in [2.45, 2.75) is 39.7 Å². The molecule has 1 aromatic heterocycles. The van der Waals surface area contributed by atoms with Gasteiger partial charge in [-0.05, 0) is 33.6 Å². The molecule has 1 rings (SSSR count). The Morgan fingerprint density at radius 2 is 2.13 bits per heavy atom. The molecule has 0 aliphatic heterocycles. The smallest absolute Gasteiger partial charge is 0.0827 e. The zero-order valence-corrected chi connectivity index (χ0v) is 10.0. The van der Waals surface area contributed by atoms with Gasteiger partial charge in [0, 0.05) is 19.7 Å². The van der Waals surface area contributed by atoms with Crippen LogP contribution in [0.15, 0.2) is 0 Å². The molecule has 15 heavy (non-hydrogen) atoms. The third-order valence-corrected chi connectivity index (χ3v) is 2.70. The van der Waals surface area contributed by atoms with E-state index in [0.29, 0.717) is 6.04 Å². The summed E-state index contributed by atoms with van der Waals surface area (Å²) in [6.45, 7) is 6.45. The lowest BCUT2D eigenvalue weighted by Gasteiger charge is -2.14. The Morgan fingerprint density at radius 3 is 2.60 bits per heavy atom. The van der Waals surface area contributed by atoms with Crippen molar-refractivity contribution < 1.29 is 5.11 Å². The molecule has 0 radical (unpaired) electrons. The maximum absolute atomic E-state index is 8.75. The third-order valence-electron chi connectivity index (χ3n) is 2.70. The molecule has 4 heteroatoms. The first-order valence-electron chi connectivity index (χ1n) is 5.43. The predicted molar refractivity (Wildman–Crippen MR) is 62.1 cm³/mol. The highest BCUT2D eigenvalue weighted by Crippen LogP contribution is 2.20. The van der Waals surface area contributed by atoms with Crippen LogP contribution in [-0.2, 0) is 7.05 Å². The van der Waals surface area contributed by atoms with Crippen molar-refractivity contribution in [2.24, 2.45) is 7.05 Å². The fourth-order valence-corrected chi connectivity index (χ4v) is 1.70. The average Bonchev–Trinajstić information content (AvgIpc) is 2.42. The fourth-order valence-electron chi connectivity index (χ4n) is 1.70. The van der Waals surface area contributed by atoms with Crippen molar-refractivity contribution in [3.63, 3.8) is 0 Å². The van der Waals surface area contributed by atoms with Gasteiger partial charge < -0.3 is 10.4 Å². The van der Waals surface area contributed by atoms with Gasteiger partial charge in [0.05, 0.1) is 17.1 Å². The molecule has 0 fully saturated rings. The van der Waals surface area contributed by atoms with Crippen molar-refractivity contribution in [1.82, 2.24) is 9.78 Å². The number of aliphatic hydroxyl groups is 1. The van der Waals surface area contributed by atoms with Gasteiger partial charge in [-0.15, -0.1) is 0 Å². The van der Waals surface area contributed by atoms with E-state index in [1.165, 1.54) is 0 Å². The normalized spacial score (nSPS) is 12.9. The minimum atomic E-state index is 0.261. The second-order valence-electron chi connectivity index (χ2n) is 4.08. The lowest BCUT2D eigenvalue weighted by Crippen LogP contribution is -2.16. The van der Waals surface area contributed by atoms with Gasteiger partial charge in [-0.25, -0.2) is 0 Å². The molecule has 2 N–H and O–H groups in total. The number of rotatable bonds is 5. The molecule has 0 bridgehead atoms. The molecule has 0 saturated carbocycles. The van der Waals surface area contributed by atoms with E-state index in [0.717, 1.165) is 29.9 Å². The highest BCUT2D eigenvalue weighted by molar-refractivity contribution is 5.52. The van der Waals surface area contributed by atoms with Crippen molar-refractivity contribution in [1.29, 1.82) is 0 Å². The molecule has 1 atom stereocenters. The number of aryl methyl sites for hydroxylation is 2. The molecule has 0 amide bonds. The van der Waals surface area contributed by atoms with E-state index < -0.39 is 0 Å². The average molecular weight is 211 g/mol. The quantitative estimate of drug-likeness (QED) is 0.778. The summed E-state index contributed by atoms with van der Waals surface area (Å²) in [6.07, 6.45) is 1.82. The van der Waals surface area contributed by atoms with Crippen LogP contribution in [0.1, 0.15) is 31.2 Å². The molecule has 1 unspecified atom stereocenters. The zero-order valence-electron chi connectivity index (χ0n) is 10.0. The maximum Gasteiger partial charge on any atom is 0.0827 e. The molecular weight excluding hydrogens is 190 g/mol. The Balaban J connectivity index is 2.63. The standard InChI is InChI=1S/C11H21N3O/c1-8(6-5-7-15)12-11-9(2)13-14(4)10(11)3/h8,12,15H,5-7H2,1-4H3. The van der Waals surface area contributed by atoms with Crippen LogP contribution in [0, 0.1) is 13.8 Å². The van der Waals surface area contributed by atoms with Crippen LogP contribution in [0.5, 0.6) is 0 Å². The van der Waals surface area contributed by atoms with E-state index in [2.05, 4.69) is 24.3 Å². The van der Waals surface area contributed by atoms with E-state index in [4.69, 9.17) is 5.11 Å². The van der Waals surface area contributed by atoms with Crippen molar-refractivity contribution >= 4 is 5.69 Å². The van der Waals surface area contributed by atoms with E-state index in [1.54, 1.807) is 0 Å². The first-order valence-corrected chi connectivity index (χ1v) is 5.43. The molecule has 0 spiro atoms. The highest BCUT2D eigenvalue weighted by Gasteiger charge is 2.11. The second kappa shape index (κ2) is 5.16. The topological polar surface area (TPSA) is 50.1 Å². The minimum Gasteiger partial charge on any atom is -0.396 e. The first-order chi connectivity index (χ1) is 7.06. The van der Waals surface area contributed by atoms with Gasteiger partial charge in [-0.3, -0.25) is 4.68 Å². The molecule has 1 aromatic rings. The SMILES string of the molecule is Cc1nn(C)c(C)c1NC(C)CCCO. The van der Waals surface area contributed by atoms with E-state index in [1.807, 2.05) is 18.7 Å². The summed E-state index contributed by atoms with van der Waals surface area (Å²) < 4.78 is 1.89. The van der Waals surface area contributed by atoms with Crippen LogP contribution >= 0.6 is 0 Å². The molecule has 0 aromatic carbocycles. The summed E-state index contributed by atoms with van der Waals surface area (Å²) in [7, 11) is 1.95. The van der Waals surface area contributed by atoms with E-state index in [-0.39, 0.29) is 6.61 Å². The predicted octanol–water partition coefficient (Wildman–Crippen LogP) is 1.61. The first kappa shape index (κ1) is 12.0. The van der Waals surface area contributed by atoms with Gasteiger partial charge in [0.2, 0.25) is 0 Å². The lowest BCUT2D eigenvalue weighted by atomic mass is 10.1. The Kier molecular flexibility index (Phi) is 4.15. The Labute approximate surface area is 91.3 Å².